The van der Waals surface area contributed by atoms with Crippen LogP contribution in [0.2, 0.25) is 0 Å². The van der Waals surface area contributed by atoms with E-state index < -0.39 is 11.7 Å². The quantitative estimate of drug-likeness (QED) is 0.290. The van der Waals surface area contributed by atoms with Gasteiger partial charge >= 0.3 is 0 Å². The first-order valence-electron chi connectivity index (χ1n) is 11.9. The predicted molar refractivity (Wildman–Crippen MR) is 137 cm³/mol. The lowest BCUT2D eigenvalue weighted by Gasteiger charge is -2.11. The molecule has 9 nitrogen and oxygen atoms in total. The van der Waals surface area contributed by atoms with Gasteiger partial charge in [0.1, 0.15) is 23.7 Å². The van der Waals surface area contributed by atoms with Gasteiger partial charge in [0.05, 0.1) is 24.5 Å². The second-order valence-corrected chi connectivity index (χ2v) is 8.79. The number of carbonyl (C=O) groups is 1. The van der Waals surface area contributed by atoms with Crippen LogP contribution in [0.4, 0.5) is 10.2 Å². The van der Waals surface area contributed by atoms with Crippen LogP contribution in [0.3, 0.4) is 0 Å². The molecule has 0 bridgehead atoms. The molecule has 5 rings (SSSR count). The molecule has 0 saturated carbocycles. The zero-order valence-corrected chi connectivity index (χ0v) is 20.5. The smallest absolute Gasteiger partial charge is 0.259 e. The summed E-state index contributed by atoms with van der Waals surface area (Å²) in [5, 5.41) is 11.5. The number of halogens is 1. The molecular formula is C27H26FN7O2. The van der Waals surface area contributed by atoms with Crippen molar-refractivity contribution in [3.63, 3.8) is 0 Å². The summed E-state index contributed by atoms with van der Waals surface area (Å²) in [6.07, 6.45) is 5.21. The van der Waals surface area contributed by atoms with Gasteiger partial charge in [0, 0.05) is 35.9 Å². The maximum atomic E-state index is 14.9. The second-order valence-electron chi connectivity index (χ2n) is 8.79. The number of carbonyl (C=O) groups excluding carboxylic acids is 1. The number of ether oxygens (including phenoxy) is 1. The molecule has 4 heterocycles. The van der Waals surface area contributed by atoms with Gasteiger partial charge in [-0.25, -0.2) is 9.37 Å². The van der Waals surface area contributed by atoms with E-state index in [9.17, 15) is 9.18 Å². The van der Waals surface area contributed by atoms with E-state index in [0.717, 1.165) is 11.2 Å². The Kier molecular flexibility index (Phi) is 7.00. The molecule has 0 radical (unpaired) electrons. The summed E-state index contributed by atoms with van der Waals surface area (Å²) in [7, 11) is 0. The summed E-state index contributed by atoms with van der Waals surface area (Å²) in [6.45, 7) is 5.42. The van der Waals surface area contributed by atoms with Crippen molar-refractivity contribution in [2.24, 2.45) is 0 Å². The molecule has 37 heavy (non-hydrogen) atoms. The van der Waals surface area contributed by atoms with Crippen LogP contribution in [0, 0.1) is 5.82 Å². The number of anilines is 1. The van der Waals surface area contributed by atoms with Crippen molar-refractivity contribution < 1.29 is 13.9 Å². The SMILES string of the molecule is CC(C)n1cnnc1-c1cccc(NC(=O)c2cc3c(ccn3CCOCc3ccccn3)cc2F)n1. The summed E-state index contributed by atoms with van der Waals surface area (Å²) in [5.41, 5.74) is 2.07. The average Bonchev–Trinajstić information content (AvgIpc) is 3.54. The van der Waals surface area contributed by atoms with E-state index in [1.807, 2.05) is 53.4 Å². The Balaban J connectivity index is 1.31. The molecule has 1 aromatic carbocycles. The van der Waals surface area contributed by atoms with Crippen LogP contribution < -0.4 is 5.32 Å². The second kappa shape index (κ2) is 10.7. The summed E-state index contributed by atoms with van der Waals surface area (Å²) >= 11 is 0. The summed E-state index contributed by atoms with van der Waals surface area (Å²) in [6, 6.07) is 15.7. The van der Waals surface area contributed by atoms with Crippen molar-refractivity contribution in [3.05, 3.63) is 90.4 Å². The van der Waals surface area contributed by atoms with E-state index in [1.165, 1.54) is 6.07 Å². The molecule has 1 amide bonds. The molecule has 0 spiro atoms. The van der Waals surface area contributed by atoms with Gasteiger partial charge in [-0.05, 0) is 56.3 Å². The third kappa shape index (κ3) is 5.39. The highest BCUT2D eigenvalue weighted by atomic mass is 19.1. The lowest BCUT2D eigenvalue weighted by molar-refractivity contribution is 0.102. The van der Waals surface area contributed by atoms with Gasteiger partial charge < -0.3 is 19.2 Å². The van der Waals surface area contributed by atoms with Gasteiger partial charge in [-0.1, -0.05) is 12.1 Å². The maximum Gasteiger partial charge on any atom is 0.259 e. The Hall–Kier alpha value is -4.44. The van der Waals surface area contributed by atoms with Gasteiger partial charge in [0.25, 0.3) is 5.91 Å². The minimum atomic E-state index is -0.607. The van der Waals surface area contributed by atoms with E-state index in [0.29, 0.717) is 42.5 Å². The number of pyridine rings is 2. The normalized spacial score (nSPS) is 11.4. The molecule has 0 unspecified atom stereocenters. The van der Waals surface area contributed by atoms with Gasteiger partial charge in [-0.2, -0.15) is 0 Å². The molecule has 1 N–H and O–H groups in total. The Morgan fingerprint density at radius 2 is 2.03 bits per heavy atom. The monoisotopic (exact) mass is 499 g/mol. The van der Waals surface area contributed by atoms with Gasteiger partial charge in [-0.15, -0.1) is 10.2 Å². The van der Waals surface area contributed by atoms with Gasteiger partial charge in [0.15, 0.2) is 5.82 Å². The maximum absolute atomic E-state index is 14.9. The lowest BCUT2D eigenvalue weighted by atomic mass is 10.1. The topological polar surface area (TPSA) is 99.8 Å². The van der Waals surface area contributed by atoms with Crippen LogP contribution in [0.25, 0.3) is 22.4 Å². The summed E-state index contributed by atoms with van der Waals surface area (Å²) in [5.74, 6) is -0.321. The number of nitrogens with one attached hydrogen (secondary N) is 1. The van der Waals surface area contributed by atoms with Crippen LogP contribution in [0.5, 0.6) is 0 Å². The molecule has 188 valence electrons. The molecule has 0 aliphatic carbocycles. The first-order valence-corrected chi connectivity index (χ1v) is 11.9. The van der Waals surface area contributed by atoms with Crippen molar-refractivity contribution in [3.8, 4) is 11.5 Å². The minimum Gasteiger partial charge on any atom is -0.373 e. The third-order valence-corrected chi connectivity index (χ3v) is 5.91. The van der Waals surface area contributed by atoms with E-state index in [1.54, 1.807) is 36.8 Å². The van der Waals surface area contributed by atoms with E-state index in [4.69, 9.17) is 4.74 Å². The highest BCUT2D eigenvalue weighted by Gasteiger charge is 2.17. The fourth-order valence-corrected chi connectivity index (χ4v) is 4.02. The molecule has 5 aromatic rings. The predicted octanol–water partition coefficient (Wildman–Crippen LogP) is 4.88. The fourth-order valence-electron chi connectivity index (χ4n) is 4.02. The average molecular weight is 500 g/mol. The number of hydrogen-bond acceptors (Lipinski definition) is 6. The molecule has 0 fully saturated rings. The number of aromatic nitrogens is 6. The third-order valence-electron chi connectivity index (χ3n) is 5.91. The van der Waals surface area contributed by atoms with Crippen molar-refractivity contribution in [2.75, 3.05) is 11.9 Å². The zero-order chi connectivity index (χ0) is 25.8. The van der Waals surface area contributed by atoms with Crippen LogP contribution in [0.1, 0.15) is 35.9 Å². The Bertz CT molecular complexity index is 1530. The highest BCUT2D eigenvalue weighted by molar-refractivity contribution is 6.06. The summed E-state index contributed by atoms with van der Waals surface area (Å²) in [4.78, 5) is 21.8. The molecular weight excluding hydrogens is 473 g/mol. The van der Waals surface area contributed by atoms with E-state index >= 15 is 0 Å². The molecule has 4 aromatic heterocycles. The van der Waals surface area contributed by atoms with Gasteiger partial charge in [0.2, 0.25) is 0 Å². The zero-order valence-electron chi connectivity index (χ0n) is 20.5. The number of nitrogens with zero attached hydrogens (tertiary/aromatic N) is 6. The largest absolute Gasteiger partial charge is 0.373 e. The van der Waals surface area contributed by atoms with Crippen LogP contribution >= 0.6 is 0 Å². The first kappa shape index (κ1) is 24.3. The number of hydrogen-bond donors (Lipinski definition) is 1. The fraction of sp³-hybridized carbons (Fsp3) is 0.222. The van der Waals surface area contributed by atoms with Crippen molar-refractivity contribution in [2.45, 2.75) is 33.0 Å². The summed E-state index contributed by atoms with van der Waals surface area (Å²) < 4.78 is 24.4. The van der Waals surface area contributed by atoms with E-state index in [-0.39, 0.29) is 11.6 Å². The molecule has 0 aliphatic rings. The van der Waals surface area contributed by atoms with Crippen LogP contribution in [-0.2, 0) is 17.9 Å². The molecule has 0 atom stereocenters. The lowest BCUT2D eigenvalue weighted by Crippen LogP contribution is -2.15. The van der Waals surface area contributed by atoms with Crippen molar-refractivity contribution >= 4 is 22.6 Å². The highest BCUT2D eigenvalue weighted by Crippen LogP contribution is 2.23. The van der Waals surface area contributed by atoms with Crippen molar-refractivity contribution in [1.82, 2.24) is 29.3 Å². The Labute approximate surface area is 213 Å². The van der Waals surface area contributed by atoms with Gasteiger partial charge in [-0.3, -0.25) is 9.78 Å². The van der Waals surface area contributed by atoms with Crippen molar-refractivity contribution in [1.29, 1.82) is 0 Å². The molecule has 10 heteroatoms. The van der Waals surface area contributed by atoms with E-state index in [2.05, 4.69) is 25.5 Å². The minimum absolute atomic E-state index is 0.0700. The number of benzene rings is 1. The standard InChI is InChI=1S/C27H26FN7O2/c1-18(2)35-17-30-33-26(35)23-7-5-8-25(31-23)32-27(36)21-15-24-19(14-22(21)28)9-11-34(24)12-13-37-16-20-6-3-4-10-29-20/h3-11,14-15,17-18H,12-13,16H2,1-2H3,(H,31,32,36). The molecule has 0 saturated heterocycles. The number of amides is 1. The Morgan fingerprint density at radius 3 is 2.84 bits per heavy atom. The van der Waals surface area contributed by atoms with Crippen LogP contribution in [0.15, 0.2) is 73.3 Å². The number of fused-ring (bicyclic) bond motifs is 1. The molecule has 0 aliphatic heterocycles. The first-order chi connectivity index (χ1) is 18.0. The Morgan fingerprint density at radius 1 is 1.14 bits per heavy atom. The number of rotatable bonds is 9. The van der Waals surface area contributed by atoms with Crippen LogP contribution in [-0.4, -0.2) is 41.8 Å².